The number of unbranched alkanes of at least 4 members (excludes halogenated alkanes) is 2. The molecule has 0 aliphatic heterocycles. The highest BCUT2D eigenvalue weighted by Gasteiger charge is 2.11. The summed E-state index contributed by atoms with van der Waals surface area (Å²) in [5, 5.41) is 3.23. The molecular weight excluding hydrogens is 318 g/mol. The zero-order chi connectivity index (χ0) is 18.6. The van der Waals surface area contributed by atoms with E-state index in [1.807, 2.05) is 43.7 Å². The zero-order valence-corrected chi connectivity index (χ0v) is 16.2. The van der Waals surface area contributed by atoms with E-state index >= 15 is 0 Å². The van der Waals surface area contributed by atoms with Crippen LogP contribution in [-0.4, -0.2) is 23.6 Å². The van der Waals surface area contributed by atoms with Gasteiger partial charge in [-0.2, -0.15) is 0 Å². The van der Waals surface area contributed by atoms with Gasteiger partial charge in [-0.05, 0) is 50.0 Å². The molecule has 3 heteroatoms. The van der Waals surface area contributed by atoms with Crippen LogP contribution in [0.25, 0.3) is 11.1 Å². The number of benzene rings is 1. The van der Waals surface area contributed by atoms with Crippen molar-refractivity contribution in [3.05, 3.63) is 48.0 Å². The van der Waals surface area contributed by atoms with Crippen molar-refractivity contribution < 1.29 is 0 Å². The molecule has 0 saturated carbocycles. The second kappa shape index (κ2) is 11.4. The molecule has 1 unspecified atom stereocenters. The average Bonchev–Trinajstić information content (AvgIpc) is 2.70. The summed E-state index contributed by atoms with van der Waals surface area (Å²) in [5.41, 5.74) is 3.03. The van der Waals surface area contributed by atoms with Crippen molar-refractivity contribution >= 4 is 0 Å². The van der Waals surface area contributed by atoms with Crippen LogP contribution in [0.15, 0.2) is 36.7 Å². The summed E-state index contributed by atoms with van der Waals surface area (Å²) < 4.78 is 0. The van der Waals surface area contributed by atoms with Crippen LogP contribution in [0.2, 0.25) is 0 Å². The molecule has 3 nitrogen and oxygen atoms in total. The average molecular weight is 350 g/mol. The summed E-state index contributed by atoms with van der Waals surface area (Å²) in [6.45, 7) is 3.36. The molecule has 2 rings (SSSR count). The number of aromatic nitrogens is 2. The molecule has 0 radical (unpaired) electrons. The lowest BCUT2D eigenvalue weighted by molar-refractivity contribution is 0.405. The van der Waals surface area contributed by atoms with Gasteiger partial charge in [0, 0.05) is 29.9 Å². The molecule has 0 aliphatic carbocycles. The summed E-state index contributed by atoms with van der Waals surface area (Å²) in [6.07, 6.45) is 17.9. The molecule has 138 valence electrons. The van der Waals surface area contributed by atoms with E-state index in [1.165, 1.54) is 38.5 Å². The first-order valence-corrected chi connectivity index (χ1v) is 9.79. The minimum absolute atomic E-state index is 0.688. The van der Waals surface area contributed by atoms with Crippen LogP contribution in [0, 0.1) is 18.3 Å². The van der Waals surface area contributed by atoms with E-state index in [0.717, 1.165) is 35.5 Å². The minimum atomic E-state index is 0.688. The van der Waals surface area contributed by atoms with E-state index in [1.54, 1.807) is 0 Å². The maximum Gasteiger partial charge on any atom is 0.128 e. The quantitative estimate of drug-likeness (QED) is 0.465. The van der Waals surface area contributed by atoms with Crippen LogP contribution in [0.1, 0.15) is 56.8 Å². The van der Waals surface area contributed by atoms with Crippen LogP contribution < -0.4 is 5.32 Å². The van der Waals surface area contributed by atoms with E-state index < -0.39 is 0 Å². The summed E-state index contributed by atoms with van der Waals surface area (Å²) in [6, 6.07) is 7.96. The van der Waals surface area contributed by atoms with Crippen LogP contribution in [0.3, 0.4) is 0 Å². The second-order valence-corrected chi connectivity index (χ2v) is 6.92. The first-order chi connectivity index (χ1) is 12.8. The molecule has 0 bridgehead atoms. The normalized spacial score (nSPS) is 11.9. The number of hydrogen-bond donors (Lipinski definition) is 1. The molecule has 0 amide bonds. The van der Waals surface area contributed by atoms with Gasteiger partial charge in [0.15, 0.2) is 0 Å². The van der Waals surface area contributed by atoms with E-state index in [2.05, 4.69) is 28.1 Å². The Hall–Kier alpha value is -2.18. The van der Waals surface area contributed by atoms with Gasteiger partial charge in [0.1, 0.15) is 5.82 Å². The molecule has 26 heavy (non-hydrogen) atoms. The number of terminal acetylenes is 1. The Kier molecular flexibility index (Phi) is 8.86. The third-order valence-corrected chi connectivity index (χ3v) is 4.82. The van der Waals surface area contributed by atoms with Crippen LogP contribution in [-0.2, 0) is 6.42 Å². The maximum atomic E-state index is 5.41. The fourth-order valence-electron chi connectivity index (χ4n) is 3.20. The molecule has 1 atom stereocenters. The van der Waals surface area contributed by atoms with Crippen molar-refractivity contribution in [2.75, 3.05) is 13.6 Å². The van der Waals surface area contributed by atoms with Gasteiger partial charge in [-0.25, -0.2) is 9.97 Å². The largest absolute Gasteiger partial charge is 0.320 e. The Balaban J connectivity index is 1.96. The molecular formula is C23H31N3. The lowest BCUT2D eigenvalue weighted by Gasteiger charge is -2.16. The van der Waals surface area contributed by atoms with Crippen LogP contribution in [0.4, 0.5) is 0 Å². The lowest BCUT2D eigenvalue weighted by Crippen LogP contribution is -2.11. The molecule has 1 N–H and O–H groups in total. The van der Waals surface area contributed by atoms with Crippen molar-refractivity contribution in [3.8, 4) is 23.5 Å². The molecule has 1 heterocycles. The predicted molar refractivity (Wildman–Crippen MR) is 110 cm³/mol. The van der Waals surface area contributed by atoms with Gasteiger partial charge in [-0.1, -0.05) is 50.7 Å². The van der Waals surface area contributed by atoms with E-state index in [0.29, 0.717) is 5.92 Å². The third-order valence-electron chi connectivity index (χ3n) is 4.82. The maximum absolute atomic E-state index is 5.41. The highest BCUT2D eigenvalue weighted by molar-refractivity contribution is 5.62. The number of hydrogen-bond acceptors (Lipinski definition) is 3. The molecule has 0 spiro atoms. The number of nitrogens with zero attached hydrogens (tertiary/aromatic N) is 2. The summed E-state index contributed by atoms with van der Waals surface area (Å²) in [7, 11) is 2.02. The van der Waals surface area contributed by atoms with E-state index in [-0.39, 0.29) is 0 Å². The van der Waals surface area contributed by atoms with Crippen molar-refractivity contribution in [1.82, 2.24) is 15.3 Å². The van der Waals surface area contributed by atoms with E-state index in [9.17, 15) is 0 Å². The molecule has 1 aromatic heterocycles. The van der Waals surface area contributed by atoms with Gasteiger partial charge in [0.05, 0.1) is 0 Å². The fraction of sp³-hybridized carbons (Fsp3) is 0.478. The molecule has 1 aromatic carbocycles. The number of rotatable bonds is 11. The van der Waals surface area contributed by atoms with Gasteiger partial charge in [0.25, 0.3) is 0 Å². The van der Waals surface area contributed by atoms with Crippen molar-refractivity contribution in [3.63, 3.8) is 0 Å². The molecule has 0 fully saturated rings. The van der Waals surface area contributed by atoms with Gasteiger partial charge in [-0.15, -0.1) is 6.42 Å². The third kappa shape index (κ3) is 6.61. The Labute approximate surface area is 158 Å². The predicted octanol–water partition coefficient (Wildman–Crippen LogP) is 4.86. The highest BCUT2D eigenvalue weighted by Crippen LogP contribution is 2.22. The summed E-state index contributed by atoms with van der Waals surface area (Å²) in [4.78, 5) is 9.25. The standard InChI is InChI=1S/C23H31N3/c1-4-6-9-20(10-7-8-15-24-3)16-23-25-17-22(18-26-23)21-13-11-19(5-2)12-14-21/h2,11-14,17-18,20,24H,4,6-10,15-16H2,1,3H3. The highest BCUT2D eigenvalue weighted by atomic mass is 14.9. The van der Waals surface area contributed by atoms with Crippen LogP contribution >= 0.6 is 0 Å². The minimum Gasteiger partial charge on any atom is -0.320 e. The summed E-state index contributed by atoms with van der Waals surface area (Å²) in [5.74, 6) is 4.29. The van der Waals surface area contributed by atoms with Crippen molar-refractivity contribution in [2.24, 2.45) is 5.92 Å². The Morgan fingerprint density at radius 1 is 1.00 bits per heavy atom. The van der Waals surface area contributed by atoms with E-state index in [4.69, 9.17) is 6.42 Å². The number of nitrogens with one attached hydrogen (secondary N) is 1. The van der Waals surface area contributed by atoms with Gasteiger partial charge >= 0.3 is 0 Å². The Morgan fingerprint density at radius 2 is 1.69 bits per heavy atom. The van der Waals surface area contributed by atoms with Gasteiger partial charge < -0.3 is 5.32 Å². The second-order valence-electron chi connectivity index (χ2n) is 6.92. The summed E-state index contributed by atoms with van der Waals surface area (Å²) >= 11 is 0. The molecule has 2 aromatic rings. The molecule has 0 aliphatic rings. The topological polar surface area (TPSA) is 37.8 Å². The zero-order valence-electron chi connectivity index (χ0n) is 16.2. The SMILES string of the molecule is C#Cc1ccc(-c2cnc(CC(CCCC)CCCCNC)nc2)cc1. The van der Waals surface area contributed by atoms with Crippen molar-refractivity contribution in [1.29, 1.82) is 0 Å². The molecule has 0 saturated heterocycles. The smallest absolute Gasteiger partial charge is 0.128 e. The van der Waals surface area contributed by atoms with Gasteiger partial charge in [0.2, 0.25) is 0 Å². The first kappa shape index (κ1) is 20.1. The first-order valence-electron chi connectivity index (χ1n) is 9.79. The Morgan fingerprint density at radius 3 is 2.31 bits per heavy atom. The van der Waals surface area contributed by atoms with Gasteiger partial charge in [-0.3, -0.25) is 0 Å². The van der Waals surface area contributed by atoms with Crippen LogP contribution in [0.5, 0.6) is 0 Å². The van der Waals surface area contributed by atoms with Crippen molar-refractivity contribution in [2.45, 2.75) is 51.9 Å². The monoisotopic (exact) mass is 349 g/mol. The Bertz CT molecular complexity index is 668. The lowest BCUT2D eigenvalue weighted by atomic mass is 9.92. The fourth-order valence-corrected chi connectivity index (χ4v) is 3.20.